The van der Waals surface area contributed by atoms with Crippen molar-refractivity contribution in [3.05, 3.63) is 92.6 Å². The van der Waals surface area contributed by atoms with Gasteiger partial charge in [0.15, 0.2) is 0 Å². The van der Waals surface area contributed by atoms with Crippen LogP contribution in [0, 0.1) is 13.8 Å². The lowest BCUT2D eigenvalue weighted by Gasteiger charge is -2.15. The fourth-order valence-electron chi connectivity index (χ4n) is 4.84. The Morgan fingerprint density at radius 3 is 2.37 bits per heavy atom. The predicted octanol–water partition coefficient (Wildman–Crippen LogP) is 3.92. The summed E-state index contributed by atoms with van der Waals surface area (Å²) in [7, 11) is 4.83. The smallest absolute Gasteiger partial charge is 0.336 e. The van der Waals surface area contributed by atoms with Gasteiger partial charge in [-0.05, 0) is 55.8 Å². The minimum atomic E-state index is -0.598. The van der Waals surface area contributed by atoms with E-state index in [9.17, 15) is 14.4 Å². The van der Waals surface area contributed by atoms with Crippen LogP contribution in [0.3, 0.4) is 0 Å². The van der Waals surface area contributed by atoms with Crippen LogP contribution in [0.4, 0.5) is 5.69 Å². The van der Waals surface area contributed by atoms with Gasteiger partial charge in [0, 0.05) is 18.5 Å². The lowest BCUT2D eigenvalue weighted by Crippen LogP contribution is -2.41. The second-order valence-corrected chi connectivity index (χ2v) is 9.24. The fraction of sp³-hybridized carbons (Fsp3) is 0.207. The highest BCUT2D eigenvalue weighted by atomic mass is 16.5. The molecule has 0 unspecified atom stereocenters. The maximum Gasteiger partial charge on any atom is 0.336 e. The molecule has 9 heteroatoms. The molecule has 3 aromatic carbocycles. The fourth-order valence-corrected chi connectivity index (χ4v) is 4.84. The number of amides is 1. The van der Waals surface area contributed by atoms with E-state index in [0.717, 1.165) is 26.6 Å². The van der Waals surface area contributed by atoms with Gasteiger partial charge in [-0.15, -0.1) is 0 Å². The van der Waals surface area contributed by atoms with Crippen LogP contribution in [-0.2, 0) is 18.4 Å². The van der Waals surface area contributed by atoms with Crippen molar-refractivity contribution in [3.8, 4) is 17.2 Å². The molecule has 1 amide bonds. The van der Waals surface area contributed by atoms with Gasteiger partial charge in [-0.3, -0.25) is 14.2 Å². The summed E-state index contributed by atoms with van der Waals surface area (Å²) in [5.41, 5.74) is 3.24. The van der Waals surface area contributed by atoms with Gasteiger partial charge in [0.2, 0.25) is 5.91 Å². The number of nitrogens with one attached hydrogen (secondary N) is 1. The highest BCUT2D eigenvalue weighted by molar-refractivity contribution is 6.06. The van der Waals surface area contributed by atoms with Crippen molar-refractivity contribution in [3.63, 3.8) is 0 Å². The summed E-state index contributed by atoms with van der Waals surface area (Å²) >= 11 is 0. The molecule has 0 saturated carbocycles. The molecule has 0 spiro atoms. The third kappa shape index (κ3) is 4.11. The number of methoxy groups -OCH3 is 2. The van der Waals surface area contributed by atoms with E-state index in [1.54, 1.807) is 55.1 Å². The summed E-state index contributed by atoms with van der Waals surface area (Å²) < 4.78 is 14.9. The van der Waals surface area contributed by atoms with Crippen LogP contribution in [0.25, 0.3) is 27.6 Å². The number of aromatic nitrogens is 3. The summed E-state index contributed by atoms with van der Waals surface area (Å²) in [4.78, 5) is 41.1. The average Bonchev–Trinajstić information content (AvgIpc) is 3.18. The largest absolute Gasteiger partial charge is 0.497 e. The number of fused-ring (bicyclic) bond motifs is 3. The minimum absolute atomic E-state index is 0.316. The zero-order valence-corrected chi connectivity index (χ0v) is 21.9. The van der Waals surface area contributed by atoms with Crippen LogP contribution < -0.4 is 26.0 Å². The Bertz CT molecular complexity index is 1840. The average molecular weight is 513 g/mol. The molecular weight excluding hydrogens is 484 g/mol. The van der Waals surface area contributed by atoms with Crippen LogP contribution in [-0.4, -0.2) is 33.8 Å². The normalized spacial score (nSPS) is 11.2. The molecule has 0 aliphatic rings. The summed E-state index contributed by atoms with van der Waals surface area (Å²) in [6, 6.07) is 18.0. The molecule has 1 N–H and O–H groups in total. The number of carbonyl (C=O) groups is 1. The number of aryl methyl sites for hydroxylation is 3. The Hall–Kier alpha value is -4.79. The van der Waals surface area contributed by atoms with E-state index in [1.165, 1.54) is 11.7 Å². The summed E-state index contributed by atoms with van der Waals surface area (Å²) in [6.07, 6.45) is 0. The van der Waals surface area contributed by atoms with Crippen molar-refractivity contribution in [2.45, 2.75) is 20.4 Å². The number of ether oxygens (including phenoxy) is 2. The van der Waals surface area contributed by atoms with Crippen molar-refractivity contribution in [2.75, 3.05) is 19.5 Å². The first-order valence-corrected chi connectivity index (χ1v) is 12.1. The van der Waals surface area contributed by atoms with Crippen molar-refractivity contribution in [1.29, 1.82) is 0 Å². The minimum Gasteiger partial charge on any atom is -0.497 e. The van der Waals surface area contributed by atoms with E-state index >= 15 is 0 Å². The Kier molecular flexibility index (Phi) is 6.28. The number of hydrogen-bond acceptors (Lipinski definition) is 5. The zero-order chi connectivity index (χ0) is 27.1. The van der Waals surface area contributed by atoms with E-state index in [-0.39, 0.29) is 6.54 Å². The third-order valence-electron chi connectivity index (χ3n) is 6.67. The van der Waals surface area contributed by atoms with E-state index in [4.69, 9.17) is 9.47 Å². The molecule has 194 valence electrons. The van der Waals surface area contributed by atoms with Gasteiger partial charge >= 0.3 is 5.69 Å². The van der Waals surface area contributed by atoms with Crippen molar-refractivity contribution in [1.82, 2.24) is 13.7 Å². The molecule has 38 heavy (non-hydrogen) atoms. The predicted molar refractivity (Wildman–Crippen MR) is 148 cm³/mol. The van der Waals surface area contributed by atoms with Gasteiger partial charge in [-0.25, -0.2) is 9.36 Å². The molecule has 2 aromatic heterocycles. The standard InChI is InChI=1S/C29H28N4O5/c1-17-7-6-8-19(13-17)33-28(35)27-26(21-14-18(2)9-12-23(21)31(27)3)32(29(33)36)16-25(34)30-22-11-10-20(37-4)15-24(22)38-5/h6-15H,16H2,1-5H3,(H,30,34). The molecule has 5 rings (SSSR count). The SMILES string of the molecule is COc1ccc(NC(=O)Cn2c(=O)n(-c3cccc(C)c3)c(=O)c3c2c2cc(C)ccc2n3C)c(OC)c1. The zero-order valence-electron chi connectivity index (χ0n) is 21.9. The first kappa shape index (κ1) is 24.9. The molecule has 5 aromatic rings. The Labute approximate surface area is 218 Å². The van der Waals surface area contributed by atoms with E-state index in [0.29, 0.717) is 33.9 Å². The number of benzene rings is 3. The van der Waals surface area contributed by atoms with Gasteiger partial charge in [0.05, 0.1) is 36.6 Å². The number of hydrogen-bond donors (Lipinski definition) is 1. The maximum atomic E-state index is 13.9. The van der Waals surface area contributed by atoms with Gasteiger partial charge < -0.3 is 19.4 Å². The van der Waals surface area contributed by atoms with Crippen molar-refractivity contribution >= 4 is 33.5 Å². The van der Waals surface area contributed by atoms with Crippen LogP contribution in [0.5, 0.6) is 11.5 Å². The first-order valence-electron chi connectivity index (χ1n) is 12.1. The summed E-state index contributed by atoms with van der Waals surface area (Å²) in [5, 5.41) is 3.55. The van der Waals surface area contributed by atoms with E-state index < -0.39 is 17.2 Å². The van der Waals surface area contributed by atoms with Crippen LogP contribution in [0.15, 0.2) is 70.3 Å². The summed E-state index contributed by atoms with van der Waals surface area (Å²) in [6.45, 7) is 3.52. The van der Waals surface area contributed by atoms with Gasteiger partial charge in [0.25, 0.3) is 5.56 Å². The molecule has 0 atom stereocenters. The molecule has 9 nitrogen and oxygen atoms in total. The number of anilines is 1. The van der Waals surface area contributed by atoms with E-state index in [2.05, 4.69) is 5.32 Å². The lowest BCUT2D eigenvalue weighted by molar-refractivity contribution is -0.116. The van der Waals surface area contributed by atoms with E-state index in [1.807, 2.05) is 38.1 Å². The number of nitrogens with zero attached hydrogens (tertiary/aromatic N) is 3. The molecule has 0 radical (unpaired) electrons. The topological polar surface area (TPSA) is 96.5 Å². The monoisotopic (exact) mass is 512 g/mol. The quantitative estimate of drug-likeness (QED) is 0.372. The maximum absolute atomic E-state index is 13.9. The van der Waals surface area contributed by atoms with Crippen molar-refractivity contribution < 1.29 is 14.3 Å². The molecular formula is C29H28N4O5. The van der Waals surface area contributed by atoms with Crippen molar-refractivity contribution in [2.24, 2.45) is 7.05 Å². The highest BCUT2D eigenvalue weighted by Gasteiger charge is 2.23. The highest BCUT2D eigenvalue weighted by Crippen LogP contribution is 2.30. The molecule has 2 heterocycles. The lowest BCUT2D eigenvalue weighted by atomic mass is 10.1. The second-order valence-electron chi connectivity index (χ2n) is 9.24. The molecule has 0 saturated heterocycles. The Morgan fingerprint density at radius 2 is 1.66 bits per heavy atom. The van der Waals surface area contributed by atoms with Crippen LogP contribution in [0.2, 0.25) is 0 Å². The molecule has 0 aliphatic carbocycles. The summed E-state index contributed by atoms with van der Waals surface area (Å²) in [5.74, 6) is 0.547. The number of rotatable bonds is 6. The third-order valence-corrected chi connectivity index (χ3v) is 6.67. The Morgan fingerprint density at radius 1 is 0.895 bits per heavy atom. The second kappa shape index (κ2) is 9.59. The number of carbonyl (C=O) groups excluding carboxylic acids is 1. The van der Waals surface area contributed by atoms with Gasteiger partial charge in [-0.1, -0.05) is 23.8 Å². The molecule has 0 aliphatic heterocycles. The van der Waals surface area contributed by atoms with Gasteiger partial charge in [0.1, 0.15) is 23.6 Å². The molecule has 0 bridgehead atoms. The molecule has 0 fully saturated rings. The van der Waals surface area contributed by atoms with Crippen LogP contribution >= 0.6 is 0 Å². The first-order chi connectivity index (χ1) is 18.2. The Balaban J connectivity index is 1.73. The van der Waals surface area contributed by atoms with Gasteiger partial charge in [-0.2, -0.15) is 0 Å². The van der Waals surface area contributed by atoms with Crippen LogP contribution in [0.1, 0.15) is 11.1 Å².